The molecule has 0 spiro atoms. The second-order valence-corrected chi connectivity index (χ2v) is 28.1. The Hall–Kier alpha value is -6.61. The Balaban J connectivity index is 0.00000588. The SMILES string of the molecule is Cc1ccc2c(c1)C(C)(C)/C(=C\C=C1/CCCC(/C=C/C3=[N+](CCCCS(=O)(=O)[O-])c4ccc(CS(=O)(=O)O)cc4C3(C)C)=C1Oc1ccc(C[C@@H](NC(=O)c3ccc(NCc4cnc5nc(N)[nH]c(=O)c5n4)cc3)C(=O)O)cc1)N2CCCCS(=O)(=O)O.[W].[Y]. The number of carboxylic acids is 1. The smallest absolute Gasteiger partial charge is 0.326 e. The van der Waals surface area contributed by atoms with Crippen LogP contribution in [0.4, 0.5) is 23.0 Å². The van der Waals surface area contributed by atoms with E-state index in [1.54, 1.807) is 66.7 Å². The Labute approximate surface area is 568 Å². The minimum absolute atomic E-state index is 0. The molecule has 2 aromatic heterocycles. The van der Waals surface area contributed by atoms with E-state index < -0.39 is 76.2 Å². The zero-order valence-corrected chi connectivity index (χ0v) is 59.0. The monoisotopic (exact) mass is 1550 g/mol. The Morgan fingerprint density at radius 2 is 1.55 bits per heavy atom. The summed E-state index contributed by atoms with van der Waals surface area (Å²) in [6.07, 6.45) is 12.5. The Kier molecular flexibility index (Phi) is 23.3. The van der Waals surface area contributed by atoms with Crippen molar-refractivity contribution in [3.05, 3.63) is 187 Å². The van der Waals surface area contributed by atoms with Crippen molar-refractivity contribution in [1.82, 2.24) is 25.3 Å². The minimum atomic E-state index is -4.47. The second kappa shape index (κ2) is 29.6. The number of carbonyl (C=O) groups is 2. The summed E-state index contributed by atoms with van der Waals surface area (Å²) in [5, 5.41) is 16.1. The summed E-state index contributed by atoms with van der Waals surface area (Å²) in [7, 11) is -13.0. The Morgan fingerprint density at radius 1 is 0.846 bits per heavy atom. The number of H-pyrrole nitrogens is 1. The van der Waals surface area contributed by atoms with E-state index in [2.05, 4.69) is 67.5 Å². The van der Waals surface area contributed by atoms with Crippen molar-refractivity contribution >= 4 is 82.1 Å². The fraction of sp³-hybridized carbons (Fsp3) is 0.349. The van der Waals surface area contributed by atoms with Crippen LogP contribution in [0, 0.1) is 6.92 Å². The predicted molar refractivity (Wildman–Crippen MR) is 337 cm³/mol. The molecular formula is C63H71N9O14S3WY. The third-order valence-electron chi connectivity index (χ3n) is 16.1. The van der Waals surface area contributed by atoms with Crippen LogP contribution in [0.1, 0.15) is 117 Å². The number of hydrogen-bond donors (Lipinski definition) is 7. The summed E-state index contributed by atoms with van der Waals surface area (Å²) in [5.74, 6) is -2.46. The number of aromatic amines is 1. The molecule has 4 heterocycles. The number of carbonyl (C=O) groups excluding carboxylic acids is 1. The first-order valence-electron chi connectivity index (χ1n) is 28.9. The molecule has 0 saturated carbocycles. The van der Waals surface area contributed by atoms with E-state index in [1.807, 2.05) is 49.6 Å². The predicted octanol–water partition coefficient (Wildman–Crippen LogP) is 8.08. The van der Waals surface area contributed by atoms with Crippen molar-refractivity contribution in [3.8, 4) is 5.75 Å². The molecule has 4 aromatic carbocycles. The summed E-state index contributed by atoms with van der Waals surface area (Å²) < 4.78 is 111. The van der Waals surface area contributed by atoms with E-state index in [1.165, 1.54) is 6.20 Å². The van der Waals surface area contributed by atoms with E-state index in [4.69, 9.17) is 10.5 Å². The van der Waals surface area contributed by atoms with Crippen LogP contribution < -0.4 is 31.6 Å². The van der Waals surface area contributed by atoms with Gasteiger partial charge in [0, 0.05) is 125 Å². The zero-order chi connectivity index (χ0) is 64.2. The summed E-state index contributed by atoms with van der Waals surface area (Å²) in [5.41, 5.74) is 14.3. The number of unbranched alkanes of at least 4 members (excludes halogenated alkanes) is 2. The molecule has 9 rings (SSSR count). The van der Waals surface area contributed by atoms with Gasteiger partial charge in [0.25, 0.3) is 31.7 Å². The van der Waals surface area contributed by atoms with Gasteiger partial charge in [0.2, 0.25) is 11.6 Å². The van der Waals surface area contributed by atoms with Gasteiger partial charge in [-0.05, 0) is 148 Å². The van der Waals surface area contributed by atoms with Gasteiger partial charge in [0.15, 0.2) is 16.9 Å². The molecule has 1 radical (unpaired) electrons. The number of aliphatic carboxylic acids is 1. The third-order valence-corrected chi connectivity index (χ3v) is 18.4. The fourth-order valence-corrected chi connectivity index (χ4v) is 13.3. The van der Waals surface area contributed by atoms with Crippen LogP contribution in [-0.2, 0) is 118 Å². The number of nitrogen functional groups attached to an aromatic ring is 1. The molecule has 23 nitrogen and oxygen atoms in total. The number of hydrogen-bond acceptors (Lipinski definition) is 17. The molecule has 0 bridgehead atoms. The van der Waals surface area contributed by atoms with Crippen LogP contribution >= 0.6 is 0 Å². The molecule has 28 heteroatoms. The van der Waals surface area contributed by atoms with E-state index in [0.29, 0.717) is 72.8 Å². The number of aryl methyl sites for hydroxylation is 1. The fourth-order valence-electron chi connectivity index (χ4n) is 11.6. The maximum Gasteiger partial charge on any atom is 0.326 e. The van der Waals surface area contributed by atoms with Crippen molar-refractivity contribution in [2.24, 2.45) is 0 Å². The number of fused-ring (bicyclic) bond motifs is 3. The Bertz CT molecular complexity index is 4340. The van der Waals surface area contributed by atoms with Crippen LogP contribution in [0.15, 0.2) is 143 Å². The first-order chi connectivity index (χ1) is 41.9. The minimum Gasteiger partial charge on any atom is -0.748 e. The van der Waals surface area contributed by atoms with Gasteiger partial charge in [-0.25, -0.2) is 23.2 Å². The number of nitrogens with two attached hydrogens (primary N) is 1. The average Bonchev–Trinajstić information content (AvgIpc) is 1.60. The third kappa shape index (κ3) is 18.2. The van der Waals surface area contributed by atoms with Crippen LogP contribution in [0.25, 0.3) is 11.2 Å². The number of carboxylic acid groups (broad SMARTS) is 1. The topological polar surface area (TPSA) is 357 Å². The molecule has 91 heavy (non-hydrogen) atoms. The summed E-state index contributed by atoms with van der Waals surface area (Å²) in [6, 6.07) is 23.3. The van der Waals surface area contributed by atoms with E-state index >= 15 is 0 Å². The second-order valence-electron chi connectivity index (χ2n) is 23.5. The van der Waals surface area contributed by atoms with Crippen LogP contribution in [0.2, 0.25) is 0 Å². The van der Waals surface area contributed by atoms with Gasteiger partial charge in [0.1, 0.15) is 29.8 Å². The molecule has 1 aliphatic carbocycles. The van der Waals surface area contributed by atoms with Crippen molar-refractivity contribution < 1.29 is 117 Å². The first-order valence-corrected chi connectivity index (χ1v) is 33.7. The first kappa shape index (κ1) is 71.8. The molecule has 2 aliphatic heterocycles. The van der Waals surface area contributed by atoms with E-state index in [-0.39, 0.29) is 108 Å². The molecule has 3 aliphatic rings. The zero-order valence-electron chi connectivity index (χ0n) is 50.8. The maximum absolute atomic E-state index is 13.5. The van der Waals surface area contributed by atoms with Gasteiger partial charge in [-0.3, -0.25) is 23.7 Å². The van der Waals surface area contributed by atoms with Gasteiger partial charge < -0.3 is 35.7 Å². The Morgan fingerprint density at radius 3 is 2.23 bits per heavy atom. The molecule has 479 valence electrons. The molecule has 0 unspecified atom stereocenters. The largest absolute Gasteiger partial charge is 0.748 e. The number of benzene rings is 4. The van der Waals surface area contributed by atoms with Gasteiger partial charge >= 0.3 is 5.97 Å². The van der Waals surface area contributed by atoms with Crippen molar-refractivity contribution in [1.29, 1.82) is 0 Å². The molecule has 8 N–H and O–H groups in total. The quantitative estimate of drug-likeness (QED) is 0.0162. The summed E-state index contributed by atoms with van der Waals surface area (Å²) >= 11 is 0. The molecule has 6 aromatic rings. The maximum atomic E-state index is 13.5. The summed E-state index contributed by atoms with van der Waals surface area (Å²) in [4.78, 5) is 55.6. The number of rotatable bonds is 25. The van der Waals surface area contributed by atoms with Gasteiger partial charge in [-0.2, -0.15) is 26.4 Å². The van der Waals surface area contributed by atoms with E-state index in [0.717, 1.165) is 57.0 Å². The van der Waals surface area contributed by atoms with Crippen molar-refractivity contribution in [2.75, 3.05) is 40.5 Å². The van der Waals surface area contributed by atoms with Crippen molar-refractivity contribution in [3.63, 3.8) is 0 Å². The number of nitrogens with one attached hydrogen (secondary N) is 3. The van der Waals surface area contributed by atoms with Gasteiger partial charge in [0.05, 0.1) is 39.7 Å². The van der Waals surface area contributed by atoms with Crippen LogP contribution in [0.5, 0.6) is 5.75 Å². The number of aromatic nitrogens is 4. The number of nitrogens with zero attached hydrogens (tertiary/aromatic N) is 5. The summed E-state index contributed by atoms with van der Waals surface area (Å²) in [6.45, 7) is 11.3. The van der Waals surface area contributed by atoms with Gasteiger partial charge in [-0.1, -0.05) is 55.8 Å². The van der Waals surface area contributed by atoms with Gasteiger partial charge in [-0.15, -0.1) is 0 Å². The number of amides is 1. The number of allylic oxidation sites excluding steroid dienone is 7. The molecule has 1 atom stereocenters. The van der Waals surface area contributed by atoms with E-state index in [9.17, 15) is 58.4 Å². The standard InChI is InChI=1S/C63H71N9O14S3.W.Y/c1-39-13-25-51-48(33-39)62(2,3)53(71(51)29-6-8-31-87(77,78)79)27-19-42-11-10-12-43(20-28-54-63(4,5)49-34-41(38-89(83,84)85)16-26-52(49)72(54)30-7-9-32-88(80,81)82)56(42)86-47-23-14-40(15-24-47)35-50(60(75)76)68-58(73)44-17-21-45(22-18-44)65-36-46-37-66-57-55(67-46)59(74)70-61(64)69-57;;/h13-28,33-34,37,50H,6-12,29-32,35-36,38H2,1-5H3,(H8-,64,65,66,68,69,70,73,74,75,76,77,78,79,80,81,82,83,84,85);;/t50-;;/m1../s1. The van der Waals surface area contributed by atoms with Crippen LogP contribution in [0.3, 0.4) is 0 Å². The van der Waals surface area contributed by atoms with Crippen LogP contribution in [-0.4, -0.2) is 117 Å². The molecule has 1 amide bonds. The molecule has 0 saturated heterocycles. The number of ether oxygens (including phenoxy) is 1. The van der Waals surface area contributed by atoms with Crippen molar-refractivity contribution in [2.45, 2.75) is 115 Å². The molecular weight excluding hydrogens is 1480 g/mol. The normalized spacial score (nSPS) is 16.6. The molecule has 0 fully saturated rings. The average molecular weight is 1550 g/mol. The number of anilines is 3.